The second-order valence-electron chi connectivity index (χ2n) is 6.89. The average Bonchev–Trinajstić information content (AvgIpc) is 3.02. The van der Waals surface area contributed by atoms with E-state index >= 15 is 0 Å². The van der Waals surface area contributed by atoms with Crippen molar-refractivity contribution in [2.75, 3.05) is 32.6 Å². The maximum absolute atomic E-state index is 12.7. The molecule has 1 saturated heterocycles. The van der Waals surface area contributed by atoms with Gasteiger partial charge >= 0.3 is 6.03 Å². The molecule has 0 aromatic heterocycles. The van der Waals surface area contributed by atoms with Gasteiger partial charge in [-0.05, 0) is 36.8 Å². The van der Waals surface area contributed by atoms with E-state index in [0.717, 1.165) is 5.56 Å². The van der Waals surface area contributed by atoms with Crippen molar-refractivity contribution in [1.82, 2.24) is 9.80 Å². The number of likely N-dealkylation sites (N-methyl/N-ethyl adjacent to an activating group) is 1. The van der Waals surface area contributed by atoms with Crippen LogP contribution in [0.15, 0.2) is 42.5 Å². The van der Waals surface area contributed by atoms with Crippen molar-refractivity contribution in [3.8, 4) is 5.75 Å². The molecule has 1 N–H and O–H groups in total. The van der Waals surface area contributed by atoms with E-state index in [4.69, 9.17) is 27.9 Å². The molecule has 2 unspecified atom stereocenters. The Balaban J connectivity index is 1.66. The van der Waals surface area contributed by atoms with E-state index in [1.54, 1.807) is 60.0 Å². The number of hydrogen-bond acceptors (Lipinski definition) is 4. The normalized spacial score (nSPS) is 18.4. The molecule has 6 nitrogen and oxygen atoms in total. The Morgan fingerprint density at radius 3 is 2.67 bits per heavy atom. The Labute approximate surface area is 190 Å². The predicted octanol–water partition coefficient (Wildman–Crippen LogP) is 5.13. The lowest BCUT2D eigenvalue weighted by molar-refractivity contribution is -0.129. The third-order valence-electron chi connectivity index (χ3n) is 4.85. The second kappa shape index (κ2) is 9.81. The first-order valence-electron chi connectivity index (χ1n) is 9.38. The van der Waals surface area contributed by atoms with Gasteiger partial charge in [-0.25, -0.2) is 4.79 Å². The fourth-order valence-corrected chi connectivity index (χ4v) is 4.75. The fraction of sp³-hybridized carbons (Fsp3) is 0.333. The summed E-state index contributed by atoms with van der Waals surface area (Å²) >= 11 is 13.8. The Kier molecular flexibility index (Phi) is 7.39. The van der Waals surface area contributed by atoms with Crippen LogP contribution in [0, 0.1) is 0 Å². The summed E-state index contributed by atoms with van der Waals surface area (Å²) in [5, 5.41) is 3.42. The molecule has 1 aliphatic rings. The summed E-state index contributed by atoms with van der Waals surface area (Å²) in [6.45, 7) is 2.66. The number of carbonyl (C=O) groups excluding carboxylic acids is 2. The highest BCUT2D eigenvalue weighted by Crippen LogP contribution is 2.43. The highest BCUT2D eigenvalue weighted by molar-refractivity contribution is 8.01. The number of benzene rings is 2. The standard InChI is InChI=1S/C21H23Cl2N3O3S/c1-13-19(27)26(20(30-13)14-8-9-15(22)16(23)12-14)11-10-25(2)21(28)24-17-6-4-5-7-18(17)29-3/h4-9,12-13,20H,10-11H2,1-3H3,(H,24,28). The van der Waals surface area contributed by atoms with Gasteiger partial charge < -0.3 is 19.9 Å². The first kappa shape index (κ1) is 22.6. The number of para-hydroxylation sites is 2. The summed E-state index contributed by atoms with van der Waals surface area (Å²) in [4.78, 5) is 28.6. The van der Waals surface area contributed by atoms with Gasteiger partial charge in [0, 0.05) is 20.1 Å². The molecule has 0 bridgehead atoms. The van der Waals surface area contributed by atoms with Crippen molar-refractivity contribution in [3.05, 3.63) is 58.1 Å². The molecule has 3 rings (SSSR count). The molecule has 1 heterocycles. The smallest absolute Gasteiger partial charge is 0.321 e. The summed E-state index contributed by atoms with van der Waals surface area (Å²) in [7, 11) is 3.24. The first-order chi connectivity index (χ1) is 14.3. The van der Waals surface area contributed by atoms with Crippen molar-refractivity contribution >= 4 is 52.6 Å². The zero-order valence-electron chi connectivity index (χ0n) is 16.9. The maximum Gasteiger partial charge on any atom is 0.321 e. The number of amides is 3. The van der Waals surface area contributed by atoms with Crippen LogP contribution >= 0.6 is 35.0 Å². The maximum atomic E-state index is 12.7. The molecule has 0 spiro atoms. The van der Waals surface area contributed by atoms with Gasteiger partial charge in [0.15, 0.2) is 0 Å². The van der Waals surface area contributed by atoms with Crippen LogP contribution in [0.4, 0.5) is 10.5 Å². The molecule has 9 heteroatoms. The minimum atomic E-state index is -0.280. The van der Waals surface area contributed by atoms with Gasteiger partial charge in [0.2, 0.25) is 5.91 Å². The quantitative estimate of drug-likeness (QED) is 0.639. The van der Waals surface area contributed by atoms with Gasteiger partial charge in [0.05, 0.1) is 28.1 Å². The minimum Gasteiger partial charge on any atom is -0.495 e. The van der Waals surface area contributed by atoms with Gasteiger partial charge in [-0.15, -0.1) is 11.8 Å². The van der Waals surface area contributed by atoms with Crippen molar-refractivity contribution in [1.29, 1.82) is 0 Å². The highest BCUT2D eigenvalue weighted by Gasteiger charge is 2.38. The van der Waals surface area contributed by atoms with Crippen LogP contribution in [0.3, 0.4) is 0 Å². The van der Waals surface area contributed by atoms with E-state index in [2.05, 4.69) is 5.32 Å². The Morgan fingerprint density at radius 2 is 1.97 bits per heavy atom. The predicted molar refractivity (Wildman–Crippen MR) is 123 cm³/mol. The number of hydrogen-bond donors (Lipinski definition) is 1. The van der Waals surface area contributed by atoms with E-state index in [1.165, 1.54) is 0 Å². The number of thioether (sulfide) groups is 1. The molecule has 1 fully saturated rings. The summed E-state index contributed by atoms with van der Waals surface area (Å²) in [5.41, 5.74) is 1.50. The summed E-state index contributed by atoms with van der Waals surface area (Å²) in [6, 6.07) is 12.3. The SMILES string of the molecule is COc1ccccc1NC(=O)N(C)CCN1C(=O)C(C)SC1c1ccc(Cl)c(Cl)c1. The number of rotatable bonds is 6. The van der Waals surface area contributed by atoms with Crippen LogP contribution in [0.25, 0.3) is 0 Å². The molecule has 0 aliphatic carbocycles. The topological polar surface area (TPSA) is 61.9 Å². The molecule has 3 amide bonds. The second-order valence-corrected chi connectivity index (χ2v) is 9.13. The van der Waals surface area contributed by atoms with Crippen molar-refractivity contribution in [3.63, 3.8) is 0 Å². The molecule has 2 aromatic rings. The Bertz CT molecular complexity index is 943. The van der Waals surface area contributed by atoms with E-state index in [1.807, 2.05) is 25.1 Å². The molecule has 160 valence electrons. The van der Waals surface area contributed by atoms with Crippen molar-refractivity contribution in [2.45, 2.75) is 17.5 Å². The number of anilines is 1. The number of nitrogens with zero attached hydrogens (tertiary/aromatic N) is 2. The monoisotopic (exact) mass is 467 g/mol. The summed E-state index contributed by atoms with van der Waals surface area (Å²) < 4.78 is 5.27. The lowest BCUT2D eigenvalue weighted by atomic mass is 10.2. The van der Waals surface area contributed by atoms with E-state index < -0.39 is 0 Å². The van der Waals surface area contributed by atoms with Crippen LogP contribution in [-0.4, -0.2) is 54.2 Å². The van der Waals surface area contributed by atoms with Gasteiger partial charge in [-0.1, -0.05) is 41.4 Å². The summed E-state index contributed by atoms with van der Waals surface area (Å²) in [6.07, 6.45) is 0. The molecular weight excluding hydrogens is 445 g/mol. The van der Waals surface area contributed by atoms with Gasteiger partial charge in [0.1, 0.15) is 11.1 Å². The number of methoxy groups -OCH3 is 1. The number of nitrogens with one attached hydrogen (secondary N) is 1. The highest BCUT2D eigenvalue weighted by atomic mass is 35.5. The van der Waals surface area contributed by atoms with Gasteiger partial charge in [-0.2, -0.15) is 0 Å². The van der Waals surface area contributed by atoms with Crippen molar-refractivity contribution < 1.29 is 14.3 Å². The van der Waals surface area contributed by atoms with E-state index in [0.29, 0.717) is 34.6 Å². The number of halogens is 2. The van der Waals surface area contributed by atoms with Crippen LogP contribution < -0.4 is 10.1 Å². The molecule has 0 radical (unpaired) electrons. The molecule has 30 heavy (non-hydrogen) atoms. The average molecular weight is 468 g/mol. The van der Waals surface area contributed by atoms with Gasteiger partial charge in [0.25, 0.3) is 0 Å². The molecule has 2 aromatic carbocycles. The van der Waals surface area contributed by atoms with Crippen LogP contribution in [0.1, 0.15) is 17.9 Å². The van der Waals surface area contributed by atoms with Crippen molar-refractivity contribution in [2.24, 2.45) is 0 Å². The number of carbonyl (C=O) groups is 2. The Morgan fingerprint density at radius 1 is 1.23 bits per heavy atom. The lowest BCUT2D eigenvalue weighted by Crippen LogP contribution is -2.40. The minimum absolute atomic E-state index is 0.0367. The largest absolute Gasteiger partial charge is 0.495 e. The number of ether oxygens (including phenoxy) is 1. The lowest BCUT2D eigenvalue weighted by Gasteiger charge is -2.27. The van der Waals surface area contributed by atoms with Crippen LogP contribution in [0.2, 0.25) is 10.0 Å². The van der Waals surface area contributed by atoms with Crippen LogP contribution in [0.5, 0.6) is 5.75 Å². The molecular formula is C21H23Cl2N3O3S. The zero-order valence-corrected chi connectivity index (χ0v) is 19.2. The third kappa shape index (κ3) is 4.96. The molecule has 1 aliphatic heterocycles. The van der Waals surface area contributed by atoms with E-state index in [-0.39, 0.29) is 22.6 Å². The van der Waals surface area contributed by atoms with Crippen LogP contribution in [-0.2, 0) is 4.79 Å². The number of urea groups is 1. The fourth-order valence-electron chi connectivity index (χ4n) is 3.14. The first-order valence-corrected chi connectivity index (χ1v) is 11.1. The zero-order chi connectivity index (χ0) is 21.8. The van der Waals surface area contributed by atoms with E-state index in [9.17, 15) is 9.59 Å². The Hall–Kier alpha value is -2.09. The van der Waals surface area contributed by atoms with Gasteiger partial charge in [-0.3, -0.25) is 4.79 Å². The molecule has 0 saturated carbocycles. The summed E-state index contributed by atoms with van der Waals surface area (Å²) in [5.74, 6) is 0.619. The molecule has 2 atom stereocenters. The third-order valence-corrected chi connectivity index (χ3v) is 6.98.